The molecule has 0 saturated carbocycles. The fraction of sp³-hybridized carbons (Fsp3) is 0.200. The second-order valence-corrected chi connectivity index (χ2v) is 16.7. The lowest BCUT2D eigenvalue weighted by atomic mass is 9.66. The molecule has 3 heteroatoms. The predicted molar refractivity (Wildman–Crippen MR) is 270 cm³/mol. The fourth-order valence-electron chi connectivity index (χ4n) is 9.36. The quantitative estimate of drug-likeness (QED) is 0.0725. The van der Waals surface area contributed by atoms with Crippen molar-refractivity contribution in [3.63, 3.8) is 0 Å². The lowest BCUT2D eigenvalue weighted by molar-refractivity contribution is 0.582. The SMILES string of the molecule is C=C/C=C\C(=C/Cc1ccc2c(c1)C(C/C=C\C=C/CC)(c1ccccc1)C1=C2C=CC(c2ccccc2)C1)c1cccc(C(/N=C(\N)C2=CCCC=C2)=N/CC2=CC=CCC2)c1. The van der Waals surface area contributed by atoms with Crippen LogP contribution in [0.3, 0.4) is 0 Å². The number of hydrogen-bond donors (Lipinski definition) is 1. The van der Waals surface area contributed by atoms with E-state index in [1.807, 2.05) is 12.2 Å². The van der Waals surface area contributed by atoms with Gasteiger partial charge in [-0.1, -0.05) is 208 Å². The molecule has 0 aromatic heterocycles. The van der Waals surface area contributed by atoms with Crippen molar-refractivity contribution in [1.82, 2.24) is 0 Å². The van der Waals surface area contributed by atoms with E-state index in [1.165, 1.54) is 44.5 Å². The zero-order chi connectivity index (χ0) is 43.3. The molecule has 2 unspecified atom stereocenters. The Balaban J connectivity index is 1.17. The topological polar surface area (TPSA) is 50.7 Å². The largest absolute Gasteiger partial charge is 0.383 e. The smallest absolute Gasteiger partial charge is 0.157 e. The predicted octanol–water partition coefficient (Wildman–Crippen LogP) is 14.4. The van der Waals surface area contributed by atoms with Crippen LogP contribution in [0.15, 0.2) is 234 Å². The van der Waals surface area contributed by atoms with Gasteiger partial charge in [-0.15, -0.1) is 0 Å². The molecule has 4 aromatic rings. The van der Waals surface area contributed by atoms with Crippen molar-refractivity contribution in [1.29, 1.82) is 0 Å². The van der Waals surface area contributed by atoms with Crippen molar-refractivity contribution in [3.05, 3.63) is 263 Å². The zero-order valence-corrected chi connectivity index (χ0v) is 36.7. The van der Waals surface area contributed by atoms with E-state index >= 15 is 0 Å². The highest BCUT2D eigenvalue weighted by molar-refractivity contribution is 6.12. The van der Waals surface area contributed by atoms with Crippen LogP contribution >= 0.6 is 0 Å². The van der Waals surface area contributed by atoms with Gasteiger partial charge in [-0.3, -0.25) is 4.99 Å². The number of allylic oxidation sites excluding steroid dienone is 18. The van der Waals surface area contributed by atoms with E-state index in [-0.39, 0.29) is 5.41 Å². The standard InChI is InChI=1S/C60H59N3/c1-3-5-7-8-21-40-60(53-32-19-12-20-33-53)56-41-45(35-38-54(56)55-39-37-51(43-57(55)60)47-26-15-10-16-27-47)34-36-48(25-6-4-2)50-30-22-31-52(42-50)59(62-44-46-23-13-9-14-24-46)63-58(61)49-28-17-11-18-29-49/h4-10,12-13,15-17,19-23,25-33,35-39,41-42,51H,2-3,11,14,18,24,34,40,43-44H2,1H3,(H2,61,62,63)/b7-5-,21-8-,25-6-,48-36+. The third-order valence-electron chi connectivity index (χ3n) is 12.6. The summed E-state index contributed by atoms with van der Waals surface area (Å²) in [5.74, 6) is 1.46. The third kappa shape index (κ3) is 9.95. The Morgan fingerprint density at radius 3 is 2.44 bits per heavy atom. The van der Waals surface area contributed by atoms with E-state index in [0.29, 0.717) is 24.1 Å². The van der Waals surface area contributed by atoms with Crippen LogP contribution in [0, 0.1) is 0 Å². The van der Waals surface area contributed by atoms with E-state index in [1.54, 1.807) is 0 Å². The van der Waals surface area contributed by atoms with E-state index in [4.69, 9.17) is 15.7 Å². The van der Waals surface area contributed by atoms with Gasteiger partial charge in [0.05, 0.1) is 6.54 Å². The second-order valence-electron chi connectivity index (χ2n) is 16.7. The molecular weight excluding hydrogens is 763 g/mol. The molecule has 0 aliphatic heterocycles. The molecule has 8 rings (SSSR count). The average molecular weight is 822 g/mol. The van der Waals surface area contributed by atoms with Gasteiger partial charge in [0.1, 0.15) is 5.84 Å². The van der Waals surface area contributed by atoms with E-state index in [0.717, 1.165) is 73.6 Å². The molecule has 0 fully saturated rings. The summed E-state index contributed by atoms with van der Waals surface area (Å²) in [7, 11) is 0. The molecule has 4 aromatic carbocycles. The molecule has 0 heterocycles. The maximum atomic E-state index is 6.66. The molecule has 63 heavy (non-hydrogen) atoms. The minimum absolute atomic E-state index is 0.300. The molecule has 2 atom stereocenters. The molecule has 0 radical (unpaired) electrons. The summed E-state index contributed by atoms with van der Waals surface area (Å²) in [6.45, 7) is 6.79. The maximum Gasteiger partial charge on any atom is 0.157 e. The van der Waals surface area contributed by atoms with Gasteiger partial charge in [0.15, 0.2) is 5.84 Å². The lowest BCUT2D eigenvalue weighted by Crippen LogP contribution is -2.29. The highest BCUT2D eigenvalue weighted by Crippen LogP contribution is 2.57. The molecule has 0 saturated heterocycles. The van der Waals surface area contributed by atoms with Crippen molar-refractivity contribution in [3.8, 4) is 0 Å². The molecular formula is C60H59N3. The van der Waals surface area contributed by atoms with Crippen LogP contribution < -0.4 is 5.73 Å². The van der Waals surface area contributed by atoms with Crippen LogP contribution in [-0.2, 0) is 11.8 Å². The average Bonchev–Trinajstić information content (AvgIpc) is 3.62. The van der Waals surface area contributed by atoms with Crippen LogP contribution in [-0.4, -0.2) is 18.2 Å². The third-order valence-corrected chi connectivity index (χ3v) is 12.6. The lowest BCUT2D eigenvalue weighted by Gasteiger charge is -2.36. The Morgan fingerprint density at radius 1 is 0.841 bits per heavy atom. The summed E-state index contributed by atoms with van der Waals surface area (Å²) >= 11 is 0. The molecule has 4 aliphatic carbocycles. The van der Waals surface area contributed by atoms with E-state index in [2.05, 4.69) is 202 Å². The maximum absolute atomic E-state index is 6.66. The second kappa shape index (κ2) is 20.8. The molecule has 0 amide bonds. The minimum atomic E-state index is -0.300. The number of fused-ring (bicyclic) bond motifs is 2. The summed E-state index contributed by atoms with van der Waals surface area (Å²) in [6.07, 6.45) is 42.8. The van der Waals surface area contributed by atoms with Gasteiger partial charge >= 0.3 is 0 Å². The number of nitrogens with zero attached hydrogens (tertiary/aromatic N) is 2. The summed E-state index contributed by atoms with van der Waals surface area (Å²) in [6, 6.07) is 38.0. The minimum Gasteiger partial charge on any atom is -0.383 e. The van der Waals surface area contributed by atoms with E-state index in [9.17, 15) is 0 Å². The van der Waals surface area contributed by atoms with Gasteiger partial charge in [-0.25, -0.2) is 4.99 Å². The van der Waals surface area contributed by atoms with Gasteiger partial charge in [0.25, 0.3) is 0 Å². The van der Waals surface area contributed by atoms with Crippen molar-refractivity contribution >= 4 is 22.8 Å². The number of rotatable bonds is 15. The van der Waals surface area contributed by atoms with Gasteiger partial charge in [0.2, 0.25) is 0 Å². The first-order chi connectivity index (χ1) is 31.1. The number of benzene rings is 4. The first kappa shape index (κ1) is 42.8. The molecule has 2 N–H and O–H groups in total. The summed E-state index contributed by atoms with van der Waals surface area (Å²) in [5, 5.41) is 0. The first-order valence-electron chi connectivity index (χ1n) is 22.8. The van der Waals surface area contributed by atoms with Crippen molar-refractivity contribution in [2.75, 3.05) is 6.54 Å². The summed E-state index contributed by atoms with van der Waals surface area (Å²) in [5.41, 5.74) is 21.3. The number of amidine groups is 2. The Hall–Kier alpha value is -6.84. The Labute approximate surface area is 375 Å². The van der Waals surface area contributed by atoms with Gasteiger partial charge in [-0.2, -0.15) is 0 Å². The molecule has 0 bridgehead atoms. The first-order valence-corrected chi connectivity index (χ1v) is 22.8. The zero-order valence-electron chi connectivity index (χ0n) is 36.7. The van der Waals surface area contributed by atoms with Crippen LogP contribution in [0.4, 0.5) is 0 Å². The molecule has 0 spiro atoms. The van der Waals surface area contributed by atoms with Crippen LogP contribution in [0.2, 0.25) is 0 Å². The summed E-state index contributed by atoms with van der Waals surface area (Å²) in [4.78, 5) is 10.1. The van der Waals surface area contributed by atoms with E-state index < -0.39 is 0 Å². The fourth-order valence-corrected chi connectivity index (χ4v) is 9.36. The van der Waals surface area contributed by atoms with Crippen molar-refractivity contribution in [2.24, 2.45) is 15.7 Å². The molecule has 4 aliphatic rings. The number of nitrogens with two attached hydrogens (primary N) is 1. The van der Waals surface area contributed by atoms with Crippen molar-refractivity contribution in [2.45, 2.75) is 69.6 Å². The molecule has 314 valence electrons. The van der Waals surface area contributed by atoms with Gasteiger partial charge in [0, 0.05) is 22.5 Å². The number of aliphatic imine (C=N–C) groups is 2. The van der Waals surface area contributed by atoms with Gasteiger partial charge in [-0.05, 0) is 113 Å². The normalized spacial score (nSPS) is 20.1. The van der Waals surface area contributed by atoms with Crippen LogP contribution in [0.1, 0.15) is 96.7 Å². The Morgan fingerprint density at radius 2 is 1.67 bits per heavy atom. The van der Waals surface area contributed by atoms with Crippen molar-refractivity contribution < 1.29 is 0 Å². The Kier molecular flexibility index (Phi) is 14.2. The van der Waals surface area contributed by atoms with Crippen LogP contribution in [0.5, 0.6) is 0 Å². The van der Waals surface area contributed by atoms with Gasteiger partial charge < -0.3 is 5.73 Å². The highest BCUT2D eigenvalue weighted by Gasteiger charge is 2.46. The highest BCUT2D eigenvalue weighted by atomic mass is 15.0. The number of hydrogen-bond acceptors (Lipinski definition) is 1. The van der Waals surface area contributed by atoms with Crippen LogP contribution in [0.25, 0.3) is 11.1 Å². The monoisotopic (exact) mass is 821 g/mol. The Bertz CT molecular complexity index is 2670. The molecule has 3 nitrogen and oxygen atoms in total. The summed E-state index contributed by atoms with van der Waals surface area (Å²) < 4.78 is 0.